The Balaban J connectivity index is 2.25. The highest BCUT2D eigenvalue weighted by Gasteiger charge is 2.17. The molecule has 2 rings (SSSR count). The molecule has 0 atom stereocenters. The minimum atomic E-state index is -0.719. The van der Waals surface area contributed by atoms with E-state index >= 15 is 0 Å². The molecule has 0 saturated heterocycles. The summed E-state index contributed by atoms with van der Waals surface area (Å²) in [6.45, 7) is -0.251. The van der Waals surface area contributed by atoms with Gasteiger partial charge in [0.1, 0.15) is 6.61 Å². The van der Waals surface area contributed by atoms with E-state index in [2.05, 4.69) is 0 Å². The van der Waals surface area contributed by atoms with Gasteiger partial charge in [0.05, 0.1) is 27.1 Å². The van der Waals surface area contributed by atoms with Crippen molar-refractivity contribution in [1.82, 2.24) is 0 Å². The number of hydrogen-bond acceptors (Lipinski definition) is 4. The summed E-state index contributed by atoms with van der Waals surface area (Å²) in [7, 11) is 0. The Hall–Kier alpha value is -2.65. The van der Waals surface area contributed by atoms with Crippen molar-refractivity contribution in [2.75, 3.05) is 0 Å². The molecular weight excluding hydrogens is 299 g/mol. The molecule has 0 aliphatic rings. The fourth-order valence-corrected chi connectivity index (χ4v) is 1.92. The van der Waals surface area contributed by atoms with E-state index in [0.29, 0.717) is 0 Å². The number of rotatable bonds is 4. The van der Waals surface area contributed by atoms with E-state index in [1.807, 2.05) is 0 Å². The minimum Gasteiger partial charge on any atom is -0.486 e. The maximum atomic E-state index is 13.7. The fourth-order valence-electron chi connectivity index (χ4n) is 1.70. The second-order valence-electron chi connectivity index (χ2n) is 4.04. The van der Waals surface area contributed by atoms with E-state index in [0.717, 1.165) is 6.07 Å². The number of nitriles is 1. The van der Waals surface area contributed by atoms with Crippen LogP contribution in [0.25, 0.3) is 0 Å². The Morgan fingerprint density at radius 1 is 1.38 bits per heavy atom. The standard InChI is InChI=1S/C14H8ClFN2O3/c15-11-2-1-3-13(18(19)20)10(11)8-21-14-5-4-9(7-17)6-12(14)16/h1-6H,8H2. The topological polar surface area (TPSA) is 76.2 Å². The van der Waals surface area contributed by atoms with Gasteiger partial charge in [0.2, 0.25) is 0 Å². The van der Waals surface area contributed by atoms with Crippen LogP contribution in [-0.4, -0.2) is 4.92 Å². The number of halogens is 2. The van der Waals surface area contributed by atoms with Crippen LogP contribution < -0.4 is 4.74 Å². The molecule has 0 aromatic heterocycles. The molecular formula is C14H8ClFN2O3. The summed E-state index contributed by atoms with van der Waals surface area (Å²) in [6.07, 6.45) is 0. The van der Waals surface area contributed by atoms with Crippen LogP contribution in [0.3, 0.4) is 0 Å². The van der Waals surface area contributed by atoms with Gasteiger partial charge in [-0.3, -0.25) is 10.1 Å². The molecule has 0 bridgehead atoms. The fraction of sp³-hybridized carbons (Fsp3) is 0.0714. The summed E-state index contributed by atoms with van der Waals surface area (Å²) >= 11 is 5.91. The van der Waals surface area contributed by atoms with Crippen LogP contribution in [0.5, 0.6) is 5.75 Å². The Morgan fingerprint density at radius 3 is 2.76 bits per heavy atom. The lowest BCUT2D eigenvalue weighted by Crippen LogP contribution is -2.02. The zero-order valence-corrected chi connectivity index (χ0v) is 11.3. The predicted molar refractivity (Wildman–Crippen MR) is 73.6 cm³/mol. The molecule has 0 N–H and O–H groups in total. The molecule has 5 nitrogen and oxygen atoms in total. The molecule has 7 heteroatoms. The third-order valence-corrected chi connectivity index (χ3v) is 3.08. The number of ether oxygens (including phenoxy) is 1. The highest BCUT2D eigenvalue weighted by Crippen LogP contribution is 2.28. The van der Waals surface area contributed by atoms with Gasteiger partial charge in [-0.2, -0.15) is 5.26 Å². The Morgan fingerprint density at radius 2 is 2.14 bits per heavy atom. The third-order valence-electron chi connectivity index (χ3n) is 2.72. The summed E-state index contributed by atoms with van der Waals surface area (Å²) < 4.78 is 18.9. The second-order valence-corrected chi connectivity index (χ2v) is 4.45. The van der Waals surface area contributed by atoms with Crippen molar-refractivity contribution in [1.29, 1.82) is 5.26 Å². The lowest BCUT2D eigenvalue weighted by Gasteiger charge is -2.09. The van der Waals surface area contributed by atoms with E-state index in [1.54, 1.807) is 6.07 Å². The van der Waals surface area contributed by atoms with Crippen LogP contribution in [-0.2, 0) is 6.61 Å². The van der Waals surface area contributed by atoms with Gasteiger partial charge in [0.15, 0.2) is 11.6 Å². The van der Waals surface area contributed by atoms with Crippen LogP contribution in [0, 0.1) is 27.3 Å². The van der Waals surface area contributed by atoms with E-state index in [9.17, 15) is 14.5 Å². The number of benzene rings is 2. The SMILES string of the molecule is N#Cc1ccc(OCc2c(Cl)cccc2[N+](=O)[O-])c(F)c1. The van der Waals surface area contributed by atoms with Gasteiger partial charge < -0.3 is 4.74 Å². The van der Waals surface area contributed by atoms with Gasteiger partial charge in [0, 0.05) is 6.07 Å². The first-order valence-corrected chi connectivity index (χ1v) is 6.15. The van der Waals surface area contributed by atoms with Crippen molar-refractivity contribution in [3.8, 4) is 11.8 Å². The van der Waals surface area contributed by atoms with Crippen molar-refractivity contribution in [3.63, 3.8) is 0 Å². The lowest BCUT2D eigenvalue weighted by atomic mass is 10.2. The van der Waals surface area contributed by atoms with Crippen molar-refractivity contribution in [2.24, 2.45) is 0 Å². The van der Waals surface area contributed by atoms with Gasteiger partial charge in [-0.05, 0) is 24.3 Å². The Kier molecular flexibility index (Phi) is 4.36. The highest BCUT2D eigenvalue weighted by molar-refractivity contribution is 6.31. The summed E-state index contributed by atoms with van der Waals surface area (Å²) in [5.41, 5.74) is 0.119. The van der Waals surface area contributed by atoms with Gasteiger partial charge >= 0.3 is 0 Å². The third kappa shape index (κ3) is 3.27. The highest BCUT2D eigenvalue weighted by atomic mass is 35.5. The zero-order chi connectivity index (χ0) is 15.4. The van der Waals surface area contributed by atoms with E-state index in [4.69, 9.17) is 21.6 Å². The molecule has 21 heavy (non-hydrogen) atoms. The summed E-state index contributed by atoms with van der Waals surface area (Å²) in [6, 6.07) is 9.73. The van der Waals surface area contributed by atoms with Crippen LogP contribution in [0.15, 0.2) is 36.4 Å². The molecule has 0 saturated carbocycles. The number of nitrogens with zero attached hydrogens (tertiary/aromatic N) is 2. The quantitative estimate of drug-likeness (QED) is 0.635. The van der Waals surface area contributed by atoms with Crippen LogP contribution >= 0.6 is 11.6 Å². The summed E-state index contributed by atoms with van der Waals surface area (Å²) in [4.78, 5) is 10.3. The molecule has 0 amide bonds. The van der Waals surface area contributed by atoms with E-state index in [1.165, 1.54) is 30.3 Å². The molecule has 2 aromatic rings. The zero-order valence-electron chi connectivity index (χ0n) is 10.5. The summed E-state index contributed by atoms with van der Waals surface area (Å²) in [5, 5.41) is 19.7. The van der Waals surface area contributed by atoms with Crippen molar-refractivity contribution < 1.29 is 14.1 Å². The molecule has 2 aromatic carbocycles. The normalized spacial score (nSPS) is 9.95. The van der Waals surface area contributed by atoms with Gasteiger partial charge in [-0.25, -0.2) is 4.39 Å². The van der Waals surface area contributed by atoms with E-state index < -0.39 is 10.7 Å². The molecule has 0 fully saturated rings. The molecule has 0 heterocycles. The van der Waals surface area contributed by atoms with Gasteiger partial charge in [-0.1, -0.05) is 17.7 Å². The Bertz CT molecular complexity index is 743. The summed E-state index contributed by atoms with van der Waals surface area (Å²) in [5.74, 6) is -0.827. The first-order chi connectivity index (χ1) is 10.0. The monoisotopic (exact) mass is 306 g/mol. The van der Waals surface area contributed by atoms with Crippen LogP contribution in [0.1, 0.15) is 11.1 Å². The van der Waals surface area contributed by atoms with E-state index in [-0.39, 0.29) is 34.2 Å². The minimum absolute atomic E-state index is 0.108. The van der Waals surface area contributed by atoms with Crippen molar-refractivity contribution >= 4 is 17.3 Å². The molecule has 0 spiro atoms. The average Bonchev–Trinajstić information content (AvgIpc) is 2.46. The van der Waals surface area contributed by atoms with Gasteiger partial charge in [0.25, 0.3) is 5.69 Å². The lowest BCUT2D eigenvalue weighted by molar-refractivity contribution is -0.385. The molecule has 0 aliphatic heterocycles. The smallest absolute Gasteiger partial charge is 0.277 e. The van der Waals surface area contributed by atoms with Crippen LogP contribution in [0.2, 0.25) is 5.02 Å². The maximum Gasteiger partial charge on any atom is 0.277 e. The largest absolute Gasteiger partial charge is 0.486 e. The number of nitro groups is 1. The number of hydrogen-bond donors (Lipinski definition) is 0. The predicted octanol–water partition coefficient (Wildman–Crippen LogP) is 3.84. The first-order valence-electron chi connectivity index (χ1n) is 5.77. The molecule has 0 unspecified atom stereocenters. The average molecular weight is 307 g/mol. The van der Waals surface area contributed by atoms with Gasteiger partial charge in [-0.15, -0.1) is 0 Å². The van der Waals surface area contributed by atoms with Crippen LogP contribution in [0.4, 0.5) is 10.1 Å². The molecule has 0 aliphatic carbocycles. The van der Waals surface area contributed by atoms with Crippen molar-refractivity contribution in [2.45, 2.75) is 6.61 Å². The maximum absolute atomic E-state index is 13.7. The molecule has 106 valence electrons. The number of nitro benzene ring substituents is 1. The van der Waals surface area contributed by atoms with Crippen molar-refractivity contribution in [3.05, 3.63) is 68.5 Å². The second kappa shape index (κ2) is 6.20. The molecule has 0 radical (unpaired) electrons. The first kappa shape index (κ1) is 14.8. The Labute approximate surface area is 124 Å².